The molecule has 2 aliphatic rings. The molecule has 2 atom stereocenters. The van der Waals surface area contributed by atoms with E-state index in [1.54, 1.807) is 0 Å². The van der Waals surface area contributed by atoms with Crippen molar-refractivity contribution in [2.24, 2.45) is 16.8 Å². The molecule has 0 bridgehead atoms. The van der Waals surface area contributed by atoms with Crippen molar-refractivity contribution in [1.82, 2.24) is 0 Å². The molecule has 0 fully saturated rings. The van der Waals surface area contributed by atoms with Gasteiger partial charge in [-0.1, -0.05) is 6.92 Å². The van der Waals surface area contributed by atoms with Gasteiger partial charge in [-0.2, -0.15) is 0 Å². The summed E-state index contributed by atoms with van der Waals surface area (Å²) in [6.07, 6.45) is 5.68. The van der Waals surface area contributed by atoms with E-state index in [0.29, 0.717) is 5.92 Å². The van der Waals surface area contributed by atoms with E-state index in [-0.39, 0.29) is 5.92 Å². The topological polar surface area (TPSA) is 49.7 Å². The van der Waals surface area contributed by atoms with Crippen LogP contribution < -0.4 is 0 Å². The van der Waals surface area contributed by atoms with Gasteiger partial charge in [0.2, 0.25) is 0 Å². The highest BCUT2D eigenvalue weighted by molar-refractivity contribution is 5.76. The second-order valence-corrected chi connectivity index (χ2v) is 4.23. The SMILES string of the molecule is CC1C=NC2=C(CCCC2C(=O)O)C1. The Morgan fingerprint density at radius 3 is 3.14 bits per heavy atom. The van der Waals surface area contributed by atoms with Crippen LogP contribution in [0.25, 0.3) is 0 Å². The fraction of sp³-hybridized carbons (Fsp3) is 0.636. The third-order valence-corrected chi connectivity index (χ3v) is 3.00. The van der Waals surface area contributed by atoms with Crippen LogP contribution in [-0.4, -0.2) is 17.3 Å². The molecule has 0 aromatic rings. The van der Waals surface area contributed by atoms with Gasteiger partial charge in [-0.15, -0.1) is 0 Å². The lowest BCUT2D eigenvalue weighted by Crippen LogP contribution is -2.23. The van der Waals surface area contributed by atoms with Crippen molar-refractivity contribution in [3.8, 4) is 0 Å². The fourth-order valence-electron chi connectivity index (χ4n) is 2.31. The number of aliphatic carboxylic acids is 1. The monoisotopic (exact) mass is 193 g/mol. The fourth-order valence-corrected chi connectivity index (χ4v) is 2.31. The van der Waals surface area contributed by atoms with Crippen LogP contribution >= 0.6 is 0 Å². The van der Waals surface area contributed by atoms with Crippen LogP contribution in [-0.2, 0) is 4.79 Å². The minimum absolute atomic E-state index is 0.345. The molecule has 0 saturated carbocycles. The largest absolute Gasteiger partial charge is 0.481 e. The smallest absolute Gasteiger partial charge is 0.312 e. The summed E-state index contributed by atoms with van der Waals surface area (Å²) in [6.45, 7) is 2.12. The molecule has 2 rings (SSSR count). The predicted octanol–water partition coefficient (Wildman–Crippen LogP) is 2.24. The Morgan fingerprint density at radius 1 is 1.64 bits per heavy atom. The summed E-state index contributed by atoms with van der Waals surface area (Å²) in [7, 11) is 0. The highest BCUT2D eigenvalue weighted by Gasteiger charge is 2.30. The van der Waals surface area contributed by atoms with E-state index in [1.807, 2.05) is 6.21 Å². The number of carboxylic acids is 1. The van der Waals surface area contributed by atoms with Crippen molar-refractivity contribution < 1.29 is 9.90 Å². The Hall–Kier alpha value is -1.12. The third kappa shape index (κ3) is 1.59. The van der Waals surface area contributed by atoms with E-state index >= 15 is 0 Å². The summed E-state index contributed by atoms with van der Waals surface area (Å²) in [6, 6.07) is 0. The van der Waals surface area contributed by atoms with E-state index in [0.717, 1.165) is 31.4 Å². The highest BCUT2D eigenvalue weighted by atomic mass is 16.4. The molecule has 14 heavy (non-hydrogen) atoms. The zero-order valence-electron chi connectivity index (χ0n) is 8.36. The summed E-state index contributed by atoms with van der Waals surface area (Å²) in [4.78, 5) is 15.3. The maximum atomic E-state index is 11.0. The van der Waals surface area contributed by atoms with E-state index in [9.17, 15) is 4.79 Å². The van der Waals surface area contributed by atoms with Gasteiger partial charge in [0.15, 0.2) is 0 Å². The average Bonchev–Trinajstić information content (AvgIpc) is 2.16. The minimum Gasteiger partial charge on any atom is -0.481 e. The molecule has 0 aromatic heterocycles. The standard InChI is InChI=1S/C11H15NO2/c1-7-5-8-3-2-4-9(11(13)14)10(8)12-6-7/h6-7,9H,2-5H2,1H3,(H,13,14). The van der Waals surface area contributed by atoms with Gasteiger partial charge in [0.25, 0.3) is 0 Å². The molecule has 0 radical (unpaired) electrons. The van der Waals surface area contributed by atoms with E-state index in [2.05, 4.69) is 11.9 Å². The second-order valence-electron chi connectivity index (χ2n) is 4.23. The van der Waals surface area contributed by atoms with Crippen molar-refractivity contribution in [3.05, 3.63) is 11.3 Å². The molecular weight excluding hydrogens is 178 g/mol. The molecule has 0 saturated heterocycles. The third-order valence-electron chi connectivity index (χ3n) is 3.00. The van der Waals surface area contributed by atoms with E-state index in [4.69, 9.17) is 5.11 Å². The molecule has 0 amide bonds. The summed E-state index contributed by atoms with van der Waals surface area (Å²) in [5.41, 5.74) is 2.13. The van der Waals surface area contributed by atoms with Crippen molar-refractivity contribution in [2.45, 2.75) is 32.6 Å². The second kappa shape index (κ2) is 3.56. The van der Waals surface area contributed by atoms with Crippen molar-refractivity contribution in [2.75, 3.05) is 0 Å². The molecule has 76 valence electrons. The van der Waals surface area contributed by atoms with Crippen LogP contribution in [0.4, 0.5) is 0 Å². The summed E-state index contributed by atoms with van der Waals surface area (Å²) in [5, 5.41) is 9.04. The Balaban J connectivity index is 2.29. The highest BCUT2D eigenvalue weighted by Crippen LogP contribution is 2.36. The van der Waals surface area contributed by atoms with Gasteiger partial charge in [-0.05, 0) is 37.2 Å². The zero-order valence-corrected chi connectivity index (χ0v) is 8.36. The molecule has 1 aliphatic carbocycles. The van der Waals surface area contributed by atoms with Crippen molar-refractivity contribution >= 4 is 12.2 Å². The number of carbonyl (C=O) groups is 1. The first-order valence-corrected chi connectivity index (χ1v) is 5.17. The van der Waals surface area contributed by atoms with Crippen LogP contribution in [0.5, 0.6) is 0 Å². The normalized spacial score (nSPS) is 31.5. The number of rotatable bonds is 1. The molecule has 2 unspecified atom stereocenters. The van der Waals surface area contributed by atoms with Gasteiger partial charge in [-0.25, -0.2) is 0 Å². The molecule has 0 spiro atoms. The van der Waals surface area contributed by atoms with Gasteiger partial charge >= 0.3 is 5.97 Å². The lowest BCUT2D eigenvalue weighted by atomic mass is 9.82. The summed E-state index contributed by atoms with van der Waals surface area (Å²) < 4.78 is 0. The maximum absolute atomic E-state index is 11.0. The lowest BCUT2D eigenvalue weighted by Gasteiger charge is -2.27. The van der Waals surface area contributed by atoms with Gasteiger partial charge in [0.05, 0.1) is 11.6 Å². The van der Waals surface area contributed by atoms with E-state index < -0.39 is 5.97 Å². The van der Waals surface area contributed by atoms with Gasteiger partial charge in [-0.3, -0.25) is 9.79 Å². The number of allylic oxidation sites excluding steroid dienone is 1. The molecular formula is C11H15NO2. The van der Waals surface area contributed by atoms with E-state index in [1.165, 1.54) is 5.57 Å². The van der Waals surface area contributed by atoms with Crippen molar-refractivity contribution in [1.29, 1.82) is 0 Å². The Kier molecular flexibility index (Phi) is 2.40. The molecule has 3 nitrogen and oxygen atoms in total. The zero-order chi connectivity index (χ0) is 10.1. The molecule has 1 N–H and O–H groups in total. The van der Waals surface area contributed by atoms with Crippen molar-refractivity contribution in [3.63, 3.8) is 0 Å². The molecule has 1 aliphatic heterocycles. The Bertz CT molecular complexity index is 317. The quantitative estimate of drug-likeness (QED) is 0.694. The number of hydrogen-bond acceptors (Lipinski definition) is 2. The lowest BCUT2D eigenvalue weighted by molar-refractivity contribution is -0.140. The molecule has 3 heteroatoms. The first-order chi connectivity index (χ1) is 6.68. The maximum Gasteiger partial charge on any atom is 0.312 e. The van der Waals surface area contributed by atoms with Crippen LogP contribution in [0, 0.1) is 11.8 Å². The Morgan fingerprint density at radius 2 is 2.43 bits per heavy atom. The van der Waals surface area contributed by atoms with Gasteiger partial charge in [0, 0.05) is 6.21 Å². The van der Waals surface area contributed by atoms with Crippen LogP contribution in [0.15, 0.2) is 16.3 Å². The van der Waals surface area contributed by atoms with Gasteiger partial charge in [0.1, 0.15) is 0 Å². The Labute approximate surface area is 83.5 Å². The molecule has 0 aromatic carbocycles. The number of nitrogens with zero attached hydrogens (tertiary/aromatic N) is 1. The number of carboxylic acid groups (broad SMARTS) is 1. The summed E-state index contributed by atoms with van der Waals surface area (Å²) >= 11 is 0. The minimum atomic E-state index is -0.719. The predicted molar refractivity (Wildman–Crippen MR) is 54.3 cm³/mol. The van der Waals surface area contributed by atoms with Crippen LogP contribution in [0.3, 0.4) is 0 Å². The molecule has 1 heterocycles. The first kappa shape index (κ1) is 9.44. The van der Waals surface area contributed by atoms with Crippen LogP contribution in [0.2, 0.25) is 0 Å². The average molecular weight is 193 g/mol. The van der Waals surface area contributed by atoms with Gasteiger partial charge < -0.3 is 5.11 Å². The van der Waals surface area contributed by atoms with Crippen LogP contribution in [0.1, 0.15) is 32.6 Å². The first-order valence-electron chi connectivity index (χ1n) is 5.17. The summed E-state index contributed by atoms with van der Waals surface area (Å²) in [5.74, 6) is -0.590. The number of hydrogen-bond donors (Lipinski definition) is 1. The number of aliphatic imine (C=N–C) groups is 1.